The molecular formula is C24H27N3O2. The van der Waals surface area contributed by atoms with E-state index in [1.807, 2.05) is 54.6 Å². The number of hydrogen-bond acceptors (Lipinski definition) is 4. The number of hydrogen-bond donors (Lipinski definition) is 1. The molecular weight excluding hydrogens is 362 g/mol. The Morgan fingerprint density at radius 2 is 1.72 bits per heavy atom. The van der Waals surface area contributed by atoms with E-state index >= 15 is 0 Å². The van der Waals surface area contributed by atoms with Gasteiger partial charge in [-0.25, -0.2) is 5.43 Å². The van der Waals surface area contributed by atoms with Crippen LogP contribution in [0.5, 0.6) is 5.75 Å². The van der Waals surface area contributed by atoms with E-state index in [4.69, 9.17) is 4.74 Å². The van der Waals surface area contributed by atoms with Crippen molar-refractivity contribution in [3.8, 4) is 5.75 Å². The highest BCUT2D eigenvalue weighted by molar-refractivity contribution is 5.85. The van der Waals surface area contributed by atoms with Gasteiger partial charge >= 0.3 is 0 Å². The highest BCUT2D eigenvalue weighted by Crippen LogP contribution is 2.21. The second-order valence-corrected chi connectivity index (χ2v) is 6.77. The van der Waals surface area contributed by atoms with Gasteiger partial charge in [0.1, 0.15) is 5.75 Å². The summed E-state index contributed by atoms with van der Waals surface area (Å²) in [6.45, 7) is 7.91. The van der Waals surface area contributed by atoms with Gasteiger partial charge in [0, 0.05) is 18.8 Å². The molecule has 150 valence electrons. The molecule has 0 heterocycles. The fraction of sp³-hybridized carbons (Fsp3) is 0.250. The first-order chi connectivity index (χ1) is 14.1. The van der Waals surface area contributed by atoms with Crippen molar-refractivity contribution in [2.24, 2.45) is 5.10 Å². The van der Waals surface area contributed by atoms with Crippen LogP contribution >= 0.6 is 0 Å². The molecule has 5 heteroatoms. The van der Waals surface area contributed by atoms with Crippen molar-refractivity contribution < 1.29 is 9.53 Å². The molecule has 0 aromatic heterocycles. The van der Waals surface area contributed by atoms with E-state index in [0.717, 1.165) is 29.4 Å². The average molecular weight is 389 g/mol. The highest BCUT2D eigenvalue weighted by Gasteiger charge is 2.14. The molecule has 0 spiro atoms. The Morgan fingerprint density at radius 3 is 2.41 bits per heavy atom. The predicted molar refractivity (Wildman–Crippen MR) is 120 cm³/mol. The summed E-state index contributed by atoms with van der Waals surface area (Å²) in [4.78, 5) is 14.5. The van der Waals surface area contributed by atoms with Crippen molar-refractivity contribution in [1.29, 1.82) is 0 Å². The number of benzene rings is 3. The standard InChI is InChI=1S/C24H27N3O2/c1-4-27(5-2)22-13-10-19(11-14-22)17-25-26-24(28)18(3)29-23-15-12-20-8-6-7-9-21(20)16-23/h6-18H,4-5H2,1-3H3,(H,26,28)/b25-17+. The number of rotatable bonds is 8. The maximum atomic E-state index is 12.3. The van der Waals surface area contributed by atoms with Gasteiger partial charge in [-0.3, -0.25) is 4.79 Å². The molecule has 0 aliphatic carbocycles. The number of nitrogens with zero attached hydrogens (tertiary/aromatic N) is 2. The minimum atomic E-state index is -0.654. The molecule has 0 radical (unpaired) electrons. The van der Waals surface area contributed by atoms with Gasteiger partial charge in [-0.05, 0) is 61.4 Å². The van der Waals surface area contributed by atoms with Crippen LogP contribution in [0.15, 0.2) is 71.8 Å². The SMILES string of the molecule is CCN(CC)c1ccc(/C=N/NC(=O)C(C)Oc2ccc3ccccc3c2)cc1. The number of carbonyl (C=O) groups excluding carboxylic acids is 1. The van der Waals surface area contributed by atoms with E-state index < -0.39 is 6.10 Å². The van der Waals surface area contributed by atoms with Crippen LogP contribution < -0.4 is 15.1 Å². The Labute approximate surface area is 172 Å². The van der Waals surface area contributed by atoms with Crippen molar-refractivity contribution in [3.63, 3.8) is 0 Å². The lowest BCUT2D eigenvalue weighted by Gasteiger charge is -2.20. The third-order valence-corrected chi connectivity index (χ3v) is 4.81. The van der Waals surface area contributed by atoms with Gasteiger partial charge in [0.2, 0.25) is 0 Å². The third-order valence-electron chi connectivity index (χ3n) is 4.81. The predicted octanol–water partition coefficient (Wildman–Crippen LogP) is 4.60. The largest absolute Gasteiger partial charge is 0.481 e. The summed E-state index contributed by atoms with van der Waals surface area (Å²) < 4.78 is 5.76. The quantitative estimate of drug-likeness (QED) is 0.452. The lowest BCUT2D eigenvalue weighted by molar-refractivity contribution is -0.127. The topological polar surface area (TPSA) is 53.9 Å². The summed E-state index contributed by atoms with van der Waals surface area (Å²) in [6.07, 6.45) is 0.977. The van der Waals surface area contributed by atoms with E-state index in [0.29, 0.717) is 5.75 Å². The summed E-state index contributed by atoms with van der Waals surface area (Å²) in [7, 11) is 0. The zero-order valence-electron chi connectivity index (χ0n) is 17.1. The fourth-order valence-electron chi connectivity index (χ4n) is 3.12. The van der Waals surface area contributed by atoms with E-state index in [-0.39, 0.29) is 5.91 Å². The lowest BCUT2D eigenvalue weighted by Crippen LogP contribution is -2.33. The Kier molecular flexibility index (Phi) is 6.85. The average Bonchev–Trinajstić information content (AvgIpc) is 2.75. The molecule has 0 bridgehead atoms. The first-order valence-corrected chi connectivity index (χ1v) is 9.94. The van der Waals surface area contributed by atoms with E-state index in [9.17, 15) is 4.79 Å². The Balaban J connectivity index is 1.55. The van der Waals surface area contributed by atoms with Crippen molar-refractivity contribution in [2.75, 3.05) is 18.0 Å². The number of hydrazone groups is 1. The molecule has 29 heavy (non-hydrogen) atoms. The second kappa shape index (κ2) is 9.73. The molecule has 1 N–H and O–H groups in total. The number of ether oxygens (including phenoxy) is 1. The Bertz CT molecular complexity index is 979. The molecule has 1 unspecified atom stereocenters. The van der Waals surface area contributed by atoms with Crippen molar-refractivity contribution in [3.05, 3.63) is 72.3 Å². The molecule has 0 aliphatic heterocycles. The Morgan fingerprint density at radius 1 is 1.03 bits per heavy atom. The van der Waals surface area contributed by atoms with Crippen LogP contribution in [0.2, 0.25) is 0 Å². The van der Waals surface area contributed by atoms with Crippen LogP contribution in [0.3, 0.4) is 0 Å². The molecule has 1 atom stereocenters. The number of nitrogens with one attached hydrogen (secondary N) is 1. The summed E-state index contributed by atoms with van der Waals surface area (Å²) in [5, 5.41) is 6.26. The van der Waals surface area contributed by atoms with Crippen LogP contribution in [0.4, 0.5) is 5.69 Å². The normalized spacial score (nSPS) is 12.1. The molecule has 0 saturated carbocycles. The van der Waals surface area contributed by atoms with Gasteiger partial charge < -0.3 is 9.64 Å². The maximum Gasteiger partial charge on any atom is 0.280 e. The monoisotopic (exact) mass is 389 g/mol. The molecule has 3 aromatic carbocycles. The van der Waals surface area contributed by atoms with Gasteiger partial charge in [-0.15, -0.1) is 0 Å². The van der Waals surface area contributed by atoms with Crippen LogP contribution in [0, 0.1) is 0 Å². The first kappa shape index (κ1) is 20.4. The maximum absolute atomic E-state index is 12.3. The smallest absolute Gasteiger partial charge is 0.280 e. The highest BCUT2D eigenvalue weighted by atomic mass is 16.5. The fourth-order valence-corrected chi connectivity index (χ4v) is 3.12. The Hall–Kier alpha value is -3.34. The van der Waals surface area contributed by atoms with E-state index in [1.54, 1.807) is 13.1 Å². The number of amides is 1. The number of anilines is 1. The molecule has 0 aliphatic rings. The van der Waals surface area contributed by atoms with Crippen LogP contribution in [0.1, 0.15) is 26.3 Å². The van der Waals surface area contributed by atoms with Crippen LogP contribution in [-0.4, -0.2) is 31.3 Å². The molecule has 1 amide bonds. The lowest BCUT2D eigenvalue weighted by atomic mass is 10.1. The molecule has 0 fully saturated rings. The van der Waals surface area contributed by atoms with Gasteiger partial charge in [0.25, 0.3) is 5.91 Å². The van der Waals surface area contributed by atoms with E-state index in [2.05, 4.69) is 41.4 Å². The summed E-state index contributed by atoms with van der Waals surface area (Å²) in [5.41, 5.74) is 4.64. The summed E-state index contributed by atoms with van der Waals surface area (Å²) in [6, 6.07) is 21.9. The summed E-state index contributed by atoms with van der Waals surface area (Å²) >= 11 is 0. The van der Waals surface area contributed by atoms with Gasteiger partial charge in [-0.1, -0.05) is 42.5 Å². The van der Waals surface area contributed by atoms with Crippen LogP contribution in [-0.2, 0) is 4.79 Å². The van der Waals surface area contributed by atoms with E-state index in [1.165, 1.54) is 5.69 Å². The van der Waals surface area contributed by atoms with Crippen LogP contribution in [0.25, 0.3) is 10.8 Å². The number of carbonyl (C=O) groups is 1. The van der Waals surface area contributed by atoms with Crippen molar-refractivity contribution in [1.82, 2.24) is 5.43 Å². The minimum Gasteiger partial charge on any atom is -0.481 e. The third kappa shape index (κ3) is 5.35. The minimum absolute atomic E-state index is 0.297. The zero-order chi connectivity index (χ0) is 20.6. The molecule has 0 saturated heterocycles. The van der Waals surface area contributed by atoms with Gasteiger partial charge in [0.15, 0.2) is 6.10 Å². The summed E-state index contributed by atoms with van der Waals surface area (Å²) in [5.74, 6) is 0.358. The van der Waals surface area contributed by atoms with Crippen molar-refractivity contribution >= 4 is 28.6 Å². The molecule has 3 aromatic rings. The first-order valence-electron chi connectivity index (χ1n) is 9.94. The van der Waals surface area contributed by atoms with Crippen molar-refractivity contribution in [2.45, 2.75) is 26.9 Å². The van der Waals surface area contributed by atoms with Gasteiger partial charge in [0.05, 0.1) is 6.21 Å². The molecule has 5 nitrogen and oxygen atoms in total. The zero-order valence-corrected chi connectivity index (χ0v) is 17.1. The van der Waals surface area contributed by atoms with Gasteiger partial charge in [-0.2, -0.15) is 5.10 Å². The molecule has 3 rings (SSSR count). The second-order valence-electron chi connectivity index (χ2n) is 6.77. The number of fused-ring (bicyclic) bond motifs is 1.